The van der Waals surface area contributed by atoms with E-state index in [1.54, 1.807) is 0 Å². The first kappa shape index (κ1) is 11.5. The van der Waals surface area contributed by atoms with E-state index in [2.05, 4.69) is 34.1 Å². The van der Waals surface area contributed by atoms with Gasteiger partial charge in [0.1, 0.15) is 0 Å². The summed E-state index contributed by atoms with van der Waals surface area (Å²) in [4.78, 5) is 6.90. The van der Waals surface area contributed by atoms with Crippen molar-refractivity contribution >= 4 is 17.3 Å². The Balaban J connectivity index is 1.90. The van der Waals surface area contributed by atoms with Crippen molar-refractivity contribution in [2.45, 2.75) is 18.9 Å². The zero-order chi connectivity index (χ0) is 12.4. The molecule has 1 fully saturated rings. The summed E-state index contributed by atoms with van der Waals surface area (Å²) in [5.74, 6) is 0. The predicted octanol–water partition coefficient (Wildman–Crippen LogP) is 4.08. The van der Waals surface area contributed by atoms with Crippen molar-refractivity contribution in [1.29, 1.82) is 0 Å². The minimum absolute atomic E-state index is 0.396. The SMILES string of the molecule is Clc1ccc(N2CCC[C@@H]2c2ccccn2)cc1. The number of nitrogens with zero attached hydrogens (tertiary/aromatic N) is 2. The third kappa shape index (κ3) is 2.21. The van der Waals surface area contributed by atoms with Crippen molar-refractivity contribution < 1.29 is 0 Å². The molecule has 0 bridgehead atoms. The average Bonchev–Trinajstić information content (AvgIpc) is 2.90. The third-order valence-corrected chi connectivity index (χ3v) is 3.69. The molecule has 1 aliphatic rings. The predicted molar refractivity (Wildman–Crippen MR) is 75.0 cm³/mol. The van der Waals surface area contributed by atoms with Gasteiger partial charge >= 0.3 is 0 Å². The van der Waals surface area contributed by atoms with Crippen molar-refractivity contribution in [3.05, 3.63) is 59.4 Å². The van der Waals surface area contributed by atoms with Crippen molar-refractivity contribution in [2.75, 3.05) is 11.4 Å². The van der Waals surface area contributed by atoms with Crippen LogP contribution in [0.4, 0.5) is 5.69 Å². The lowest BCUT2D eigenvalue weighted by atomic mass is 10.1. The second-order valence-corrected chi connectivity index (χ2v) is 5.02. The van der Waals surface area contributed by atoms with Crippen LogP contribution in [0.25, 0.3) is 0 Å². The lowest BCUT2D eigenvalue weighted by Crippen LogP contribution is -2.23. The zero-order valence-corrected chi connectivity index (χ0v) is 10.8. The minimum Gasteiger partial charge on any atom is -0.363 e. The highest BCUT2D eigenvalue weighted by molar-refractivity contribution is 6.30. The number of rotatable bonds is 2. The van der Waals surface area contributed by atoms with E-state index in [9.17, 15) is 0 Å². The fraction of sp³-hybridized carbons (Fsp3) is 0.267. The van der Waals surface area contributed by atoms with Gasteiger partial charge in [0.2, 0.25) is 0 Å². The molecule has 2 heterocycles. The molecule has 1 aromatic carbocycles. The Morgan fingerprint density at radius 1 is 1.11 bits per heavy atom. The second-order valence-electron chi connectivity index (χ2n) is 4.58. The van der Waals surface area contributed by atoms with Crippen LogP contribution in [0, 0.1) is 0 Å². The molecule has 1 aromatic heterocycles. The van der Waals surface area contributed by atoms with Gasteiger partial charge < -0.3 is 4.90 Å². The first-order valence-electron chi connectivity index (χ1n) is 6.28. The summed E-state index contributed by atoms with van der Waals surface area (Å²) in [6, 6.07) is 14.6. The van der Waals surface area contributed by atoms with Gasteiger partial charge in [0, 0.05) is 23.5 Å². The molecule has 0 saturated carbocycles. The van der Waals surface area contributed by atoms with E-state index in [0.717, 1.165) is 17.3 Å². The van der Waals surface area contributed by atoms with Crippen molar-refractivity contribution in [3.8, 4) is 0 Å². The molecular formula is C15H15ClN2. The molecule has 0 amide bonds. The van der Waals surface area contributed by atoms with E-state index in [-0.39, 0.29) is 0 Å². The maximum atomic E-state index is 5.94. The topological polar surface area (TPSA) is 16.1 Å². The van der Waals surface area contributed by atoms with Gasteiger partial charge in [-0.2, -0.15) is 0 Å². The van der Waals surface area contributed by atoms with E-state index >= 15 is 0 Å². The van der Waals surface area contributed by atoms with Crippen LogP contribution in [0.5, 0.6) is 0 Å². The molecule has 0 unspecified atom stereocenters. The van der Waals surface area contributed by atoms with E-state index in [1.165, 1.54) is 18.5 Å². The molecule has 0 spiro atoms. The van der Waals surface area contributed by atoms with Crippen LogP contribution in [0.3, 0.4) is 0 Å². The average molecular weight is 259 g/mol. The van der Waals surface area contributed by atoms with E-state index < -0.39 is 0 Å². The van der Waals surface area contributed by atoms with Gasteiger partial charge in [-0.25, -0.2) is 0 Å². The Morgan fingerprint density at radius 2 is 1.94 bits per heavy atom. The number of halogens is 1. The number of benzene rings is 1. The maximum Gasteiger partial charge on any atom is 0.0714 e. The number of hydrogen-bond acceptors (Lipinski definition) is 2. The Kier molecular flexibility index (Phi) is 3.20. The largest absolute Gasteiger partial charge is 0.363 e. The number of hydrogen-bond donors (Lipinski definition) is 0. The highest BCUT2D eigenvalue weighted by Crippen LogP contribution is 2.35. The van der Waals surface area contributed by atoms with E-state index in [0.29, 0.717) is 6.04 Å². The molecular weight excluding hydrogens is 244 g/mol. The van der Waals surface area contributed by atoms with Crippen LogP contribution < -0.4 is 4.90 Å². The van der Waals surface area contributed by atoms with Gasteiger partial charge in [-0.15, -0.1) is 0 Å². The molecule has 3 heteroatoms. The monoisotopic (exact) mass is 258 g/mol. The van der Waals surface area contributed by atoms with Gasteiger partial charge in [-0.1, -0.05) is 17.7 Å². The molecule has 0 radical (unpaired) electrons. The Bertz CT molecular complexity index is 510. The Hall–Kier alpha value is -1.54. The number of anilines is 1. The summed E-state index contributed by atoms with van der Waals surface area (Å²) in [5.41, 5.74) is 2.39. The summed E-state index contributed by atoms with van der Waals surface area (Å²) in [6.45, 7) is 1.09. The van der Waals surface area contributed by atoms with Gasteiger partial charge in [0.05, 0.1) is 11.7 Å². The molecule has 3 rings (SSSR count). The van der Waals surface area contributed by atoms with Gasteiger partial charge in [0.15, 0.2) is 0 Å². The Morgan fingerprint density at radius 3 is 2.67 bits per heavy atom. The smallest absolute Gasteiger partial charge is 0.0714 e. The van der Waals surface area contributed by atoms with Crippen LogP contribution in [-0.4, -0.2) is 11.5 Å². The fourth-order valence-corrected chi connectivity index (χ4v) is 2.71. The fourth-order valence-electron chi connectivity index (χ4n) is 2.59. The van der Waals surface area contributed by atoms with E-state index in [4.69, 9.17) is 11.6 Å². The zero-order valence-electron chi connectivity index (χ0n) is 10.1. The molecule has 1 saturated heterocycles. The molecule has 1 atom stereocenters. The second kappa shape index (κ2) is 4.99. The first-order chi connectivity index (χ1) is 8.84. The number of pyridine rings is 1. The van der Waals surface area contributed by atoms with Crippen LogP contribution in [0.2, 0.25) is 5.02 Å². The Labute approximate surface area is 112 Å². The van der Waals surface area contributed by atoms with Crippen molar-refractivity contribution in [1.82, 2.24) is 4.98 Å². The van der Waals surface area contributed by atoms with Crippen LogP contribution in [0.1, 0.15) is 24.6 Å². The molecule has 92 valence electrons. The van der Waals surface area contributed by atoms with Crippen LogP contribution in [-0.2, 0) is 0 Å². The van der Waals surface area contributed by atoms with Crippen molar-refractivity contribution in [2.24, 2.45) is 0 Å². The summed E-state index contributed by atoms with van der Waals surface area (Å²) < 4.78 is 0. The summed E-state index contributed by atoms with van der Waals surface area (Å²) in [5, 5.41) is 0.785. The maximum absolute atomic E-state index is 5.94. The third-order valence-electron chi connectivity index (χ3n) is 3.44. The normalized spacial score (nSPS) is 19.2. The van der Waals surface area contributed by atoms with Crippen molar-refractivity contribution in [3.63, 3.8) is 0 Å². The van der Waals surface area contributed by atoms with E-state index in [1.807, 2.05) is 24.4 Å². The summed E-state index contributed by atoms with van der Waals surface area (Å²) >= 11 is 5.94. The van der Waals surface area contributed by atoms with Crippen LogP contribution in [0.15, 0.2) is 48.7 Å². The number of aromatic nitrogens is 1. The lowest BCUT2D eigenvalue weighted by molar-refractivity contribution is 0.694. The lowest BCUT2D eigenvalue weighted by Gasteiger charge is -2.26. The molecule has 0 N–H and O–H groups in total. The highest BCUT2D eigenvalue weighted by Gasteiger charge is 2.26. The molecule has 18 heavy (non-hydrogen) atoms. The summed E-state index contributed by atoms with van der Waals surface area (Å²) in [6.07, 6.45) is 4.25. The first-order valence-corrected chi connectivity index (χ1v) is 6.65. The van der Waals surface area contributed by atoms with Gasteiger partial charge in [0.25, 0.3) is 0 Å². The van der Waals surface area contributed by atoms with Gasteiger partial charge in [-0.3, -0.25) is 4.98 Å². The molecule has 0 aliphatic carbocycles. The quantitative estimate of drug-likeness (QED) is 0.807. The molecule has 1 aliphatic heterocycles. The minimum atomic E-state index is 0.396. The summed E-state index contributed by atoms with van der Waals surface area (Å²) in [7, 11) is 0. The standard InChI is InChI=1S/C15H15ClN2/c16-12-6-8-13(9-7-12)18-11-3-5-15(18)14-4-1-2-10-17-14/h1-2,4,6-10,15H,3,5,11H2/t15-/m1/s1. The molecule has 2 aromatic rings. The molecule has 2 nitrogen and oxygen atoms in total. The van der Waals surface area contributed by atoms with Gasteiger partial charge in [-0.05, 0) is 49.2 Å². The highest BCUT2D eigenvalue weighted by atomic mass is 35.5. The van der Waals surface area contributed by atoms with Crippen LogP contribution >= 0.6 is 11.6 Å².